The first-order chi connectivity index (χ1) is 9.56. The molecule has 0 aliphatic carbocycles. The summed E-state index contributed by atoms with van der Waals surface area (Å²) in [7, 11) is 0. The molecule has 0 saturated carbocycles. The van der Waals surface area contributed by atoms with Crippen LogP contribution in [0.15, 0.2) is 47.4 Å². The van der Waals surface area contributed by atoms with Gasteiger partial charge in [-0.2, -0.15) is 0 Å². The van der Waals surface area contributed by atoms with Crippen LogP contribution in [0.3, 0.4) is 0 Å². The lowest BCUT2D eigenvalue weighted by atomic mass is 10.1. The third-order valence-corrected chi connectivity index (χ3v) is 3.78. The van der Waals surface area contributed by atoms with Crippen LogP contribution in [-0.4, -0.2) is 11.4 Å². The predicted octanol–water partition coefficient (Wildman–Crippen LogP) is 4.83. The van der Waals surface area contributed by atoms with Gasteiger partial charge in [-0.3, -0.25) is 0 Å². The Balaban J connectivity index is 2.01. The van der Waals surface area contributed by atoms with Gasteiger partial charge in [-0.25, -0.2) is 0 Å². The average Bonchev–Trinajstić information content (AvgIpc) is 2.38. The number of hydrogen-bond acceptors (Lipinski definition) is 2. The van der Waals surface area contributed by atoms with E-state index in [1.807, 2.05) is 12.1 Å². The zero-order valence-corrected chi connectivity index (χ0v) is 13.5. The zero-order valence-electron chi connectivity index (χ0n) is 11.9. The Labute approximate surface area is 130 Å². The topological polar surface area (TPSA) is 24.1 Å². The van der Waals surface area contributed by atoms with Crippen LogP contribution >= 0.6 is 24.0 Å². The van der Waals surface area contributed by atoms with Crippen molar-refractivity contribution in [3.8, 4) is 0 Å². The molecular weight excluding hydrogens is 284 g/mol. The van der Waals surface area contributed by atoms with E-state index in [1.165, 1.54) is 16.0 Å². The van der Waals surface area contributed by atoms with Gasteiger partial charge in [-0.15, -0.1) is 11.8 Å². The van der Waals surface area contributed by atoms with Crippen molar-refractivity contribution in [3.63, 3.8) is 0 Å². The Bertz CT molecular complexity index is 586. The molecule has 0 aromatic heterocycles. The Morgan fingerprint density at radius 3 is 2.00 bits per heavy atom. The monoisotopic (exact) mass is 302 g/mol. The molecule has 0 aliphatic heterocycles. The van der Waals surface area contributed by atoms with Gasteiger partial charge in [0.1, 0.15) is 0 Å². The highest BCUT2D eigenvalue weighted by molar-refractivity contribution is 7.98. The number of rotatable bonds is 3. The number of thioether (sulfide) groups is 1. The minimum absolute atomic E-state index is 0.604. The van der Waals surface area contributed by atoms with Gasteiger partial charge in [0.05, 0.1) is 0 Å². The predicted molar refractivity (Wildman–Crippen MR) is 94.0 cm³/mol. The van der Waals surface area contributed by atoms with E-state index in [0.717, 1.165) is 11.4 Å². The quantitative estimate of drug-likeness (QED) is 0.626. The van der Waals surface area contributed by atoms with Crippen LogP contribution in [0, 0.1) is 13.8 Å². The minimum atomic E-state index is 0.604. The summed E-state index contributed by atoms with van der Waals surface area (Å²) in [5, 5.41) is 7.01. The highest BCUT2D eigenvalue weighted by Crippen LogP contribution is 2.18. The molecular formula is C16H18N2S2. The summed E-state index contributed by atoms with van der Waals surface area (Å²) >= 11 is 7.06. The van der Waals surface area contributed by atoms with E-state index < -0.39 is 0 Å². The van der Waals surface area contributed by atoms with Crippen LogP contribution in [0.2, 0.25) is 0 Å². The van der Waals surface area contributed by atoms with E-state index in [4.69, 9.17) is 12.2 Å². The van der Waals surface area contributed by atoms with Crippen LogP contribution < -0.4 is 10.6 Å². The second-order valence-corrected chi connectivity index (χ2v) is 5.97. The summed E-state index contributed by atoms with van der Waals surface area (Å²) in [6.07, 6.45) is 2.06. The third kappa shape index (κ3) is 4.25. The van der Waals surface area contributed by atoms with Gasteiger partial charge in [0.2, 0.25) is 0 Å². The van der Waals surface area contributed by atoms with Crippen LogP contribution in [0.5, 0.6) is 0 Å². The summed E-state index contributed by atoms with van der Waals surface area (Å²) in [6.45, 7) is 4.16. The summed E-state index contributed by atoms with van der Waals surface area (Å²) in [6, 6.07) is 14.5. The molecule has 20 heavy (non-hydrogen) atoms. The second kappa shape index (κ2) is 6.77. The van der Waals surface area contributed by atoms with Crippen molar-refractivity contribution in [1.82, 2.24) is 0 Å². The molecule has 2 nitrogen and oxygen atoms in total. The molecule has 0 amide bonds. The highest BCUT2D eigenvalue weighted by atomic mass is 32.2. The van der Waals surface area contributed by atoms with Gasteiger partial charge in [0.25, 0.3) is 0 Å². The van der Waals surface area contributed by atoms with Gasteiger partial charge < -0.3 is 10.6 Å². The smallest absolute Gasteiger partial charge is 0.175 e. The SMILES string of the molecule is CSc1ccc(NC(=S)Nc2cc(C)cc(C)c2)cc1. The number of anilines is 2. The fourth-order valence-corrected chi connectivity index (χ4v) is 2.66. The van der Waals surface area contributed by atoms with Gasteiger partial charge >= 0.3 is 0 Å². The number of thiocarbonyl (C=S) groups is 1. The Morgan fingerprint density at radius 1 is 0.900 bits per heavy atom. The summed E-state index contributed by atoms with van der Waals surface area (Å²) in [5.74, 6) is 0. The van der Waals surface area contributed by atoms with Crippen molar-refractivity contribution >= 4 is 40.5 Å². The molecule has 0 saturated heterocycles. The van der Waals surface area contributed by atoms with Crippen molar-refractivity contribution in [2.45, 2.75) is 18.7 Å². The molecule has 2 aromatic rings. The molecule has 4 heteroatoms. The molecule has 0 spiro atoms. The maximum Gasteiger partial charge on any atom is 0.175 e. The first-order valence-corrected chi connectivity index (χ1v) is 8.00. The maximum absolute atomic E-state index is 5.34. The van der Waals surface area contributed by atoms with E-state index in [0.29, 0.717) is 5.11 Å². The highest BCUT2D eigenvalue weighted by Gasteiger charge is 2.00. The van der Waals surface area contributed by atoms with Gasteiger partial charge in [-0.1, -0.05) is 6.07 Å². The minimum Gasteiger partial charge on any atom is -0.332 e. The lowest BCUT2D eigenvalue weighted by molar-refractivity contribution is 1.38. The molecule has 0 bridgehead atoms. The lowest BCUT2D eigenvalue weighted by Gasteiger charge is -2.12. The fourth-order valence-electron chi connectivity index (χ4n) is 2.01. The van der Waals surface area contributed by atoms with Crippen molar-refractivity contribution < 1.29 is 0 Å². The standard InChI is InChI=1S/C16H18N2S2/c1-11-8-12(2)10-14(9-11)18-16(19)17-13-4-6-15(20-3)7-5-13/h4-10H,1-3H3,(H2,17,18,19). The Hall–Kier alpha value is -1.52. The molecule has 104 valence electrons. The normalized spacial score (nSPS) is 10.2. The van der Waals surface area contributed by atoms with E-state index >= 15 is 0 Å². The van der Waals surface area contributed by atoms with E-state index in [2.05, 4.69) is 61.1 Å². The van der Waals surface area contributed by atoms with Gasteiger partial charge in [0.15, 0.2) is 5.11 Å². The Kier molecular flexibility index (Phi) is 5.04. The van der Waals surface area contributed by atoms with Crippen molar-refractivity contribution in [2.75, 3.05) is 16.9 Å². The van der Waals surface area contributed by atoms with E-state index in [-0.39, 0.29) is 0 Å². The largest absolute Gasteiger partial charge is 0.332 e. The molecule has 2 N–H and O–H groups in total. The van der Waals surface area contributed by atoms with E-state index in [1.54, 1.807) is 11.8 Å². The summed E-state index contributed by atoms with van der Waals surface area (Å²) in [5.41, 5.74) is 4.45. The van der Waals surface area contributed by atoms with Crippen LogP contribution in [-0.2, 0) is 0 Å². The lowest BCUT2D eigenvalue weighted by Crippen LogP contribution is -2.19. The first-order valence-electron chi connectivity index (χ1n) is 6.37. The molecule has 0 unspecified atom stereocenters. The first kappa shape index (κ1) is 14.9. The van der Waals surface area contributed by atoms with Crippen LogP contribution in [0.4, 0.5) is 11.4 Å². The average molecular weight is 302 g/mol. The molecule has 0 aliphatic rings. The third-order valence-electron chi connectivity index (χ3n) is 2.83. The molecule has 0 fully saturated rings. The van der Waals surface area contributed by atoms with Gasteiger partial charge in [-0.05, 0) is 79.8 Å². The molecule has 0 radical (unpaired) electrons. The number of benzene rings is 2. The summed E-state index contributed by atoms with van der Waals surface area (Å²) in [4.78, 5) is 1.24. The van der Waals surface area contributed by atoms with E-state index in [9.17, 15) is 0 Å². The maximum atomic E-state index is 5.34. The number of aryl methyl sites for hydroxylation is 2. The summed E-state index contributed by atoms with van der Waals surface area (Å²) < 4.78 is 0. The number of nitrogens with one attached hydrogen (secondary N) is 2. The van der Waals surface area contributed by atoms with Crippen LogP contribution in [0.25, 0.3) is 0 Å². The van der Waals surface area contributed by atoms with Crippen molar-refractivity contribution in [3.05, 3.63) is 53.6 Å². The molecule has 0 heterocycles. The van der Waals surface area contributed by atoms with Crippen molar-refractivity contribution in [2.24, 2.45) is 0 Å². The molecule has 2 aromatic carbocycles. The van der Waals surface area contributed by atoms with Crippen molar-refractivity contribution in [1.29, 1.82) is 0 Å². The molecule has 0 atom stereocenters. The molecule has 2 rings (SSSR count). The Morgan fingerprint density at radius 2 is 1.45 bits per heavy atom. The van der Waals surface area contributed by atoms with Crippen LogP contribution in [0.1, 0.15) is 11.1 Å². The zero-order chi connectivity index (χ0) is 14.5. The second-order valence-electron chi connectivity index (χ2n) is 4.68. The number of hydrogen-bond donors (Lipinski definition) is 2. The fraction of sp³-hybridized carbons (Fsp3) is 0.188. The van der Waals surface area contributed by atoms with Gasteiger partial charge in [0, 0.05) is 16.3 Å².